The van der Waals surface area contributed by atoms with Crippen LogP contribution in [0.4, 0.5) is 5.69 Å². The Morgan fingerprint density at radius 1 is 1.12 bits per heavy atom. The fraction of sp³-hybridized carbons (Fsp3) is 0.381. The zero-order chi connectivity index (χ0) is 23.7. The highest BCUT2D eigenvalue weighted by atomic mass is 16.5. The van der Waals surface area contributed by atoms with Crippen molar-refractivity contribution >= 4 is 35.8 Å². The van der Waals surface area contributed by atoms with Crippen molar-refractivity contribution in [3.8, 4) is 0 Å². The number of hydrogen-bond donors (Lipinski definition) is 4. The van der Waals surface area contributed by atoms with Crippen molar-refractivity contribution in [1.82, 2.24) is 15.5 Å². The number of amides is 4. The van der Waals surface area contributed by atoms with E-state index in [1.807, 2.05) is 0 Å². The summed E-state index contributed by atoms with van der Waals surface area (Å²) in [7, 11) is 0. The van der Waals surface area contributed by atoms with Gasteiger partial charge in [-0.2, -0.15) is 0 Å². The average molecular weight is 446 g/mol. The van der Waals surface area contributed by atoms with E-state index in [9.17, 15) is 29.1 Å². The van der Waals surface area contributed by atoms with Gasteiger partial charge in [0.05, 0.1) is 0 Å². The molecule has 1 heterocycles. The van der Waals surface area contributed by atoms with Gasteiger partial charge in [0.25, 0.3) is 6.47 Å². The lowest BCUT2D eigenvalue weighted by Gasteiger charge is -2.21. The van der Waals surface area contributed by atoms with E-state index < -0.39 is 36.0 Å². The molecule has 3 atom stereocenters. The molecule has 1 aliphatic heterocycles. The molecule has 0 aromatic heterocycles. The first kappa shape index (κ1) is 24.5. The van der Waals surface area contributed by atoms with Crippen LogP contribution in [0, 0.1) is 0 Å². The zero-order valence-corrected chi connectivity index (χ0v) is 17.7. The van der Waals surface area contributed by atoms with Gasteiger partial charge in [-0.1, -0.05) is 12.1 Å². The van der Waals surface area contributed by atoms with Crippen molar-refractivity contribution < 1.29 is 33.8 Å². The summed E-state index contributed by atoms with van der Waals surface area (Å²) >= 11 is 0. The van der Waals surface area contributed by atoms with Crippen molar-refractivity contribution in [1.29, 1.82) is 0 Å². The molecule has 0 spiro atoms. The molecule has 4 N–H and O–H groups in total. The Bertz CT molecular complexity index is 885. The lowest BCUT2D eigenvalue weighted by Crippen LogP contribution is -2.50. The largest absolute Gasteiger partial charge is 0.463 e. The lowest BCUT2D eigenvalue weighted by atomic mass is 10.2. The third-order valence-corrected chi connectivity index (χ3v) is 4.66. The standard InChI is InChI=1S/C21H26N4O7/c1-13(22-17(27)9-10-25-18(28)7-8-19(25)29)20(30)23-14(2)21(31)24-16-5-3-15(4-6-16)11-32-12-26/h3-8,12-14,18,28H,9-11H2,1-2H3,(H,22,27)(H,23,30)(H,24,31)/t13-,14-,18?/m0/s1. The second-order valence-electron chi connectivity index (χ2n) is 7.17. The first-order valence-corrected chi connectivity index (χ1v) is 9.93. The Labute approximate surface area is 184 Å². The molecule has 172 valence electrons. The van der Waals surface area contributed by atoms with Crippen molar-refractivity contribution in [2.24, 2.45) is 0 Å². The van der Waals surface area contributed by atoms with Crippen LogP contribution in [0.2, 0.25) is 0 Å². The van der Waals surface area contributed by atoms with Crippen molar-refractivity contribution in [3.05, 3.63) is 42.0 Å². The van der Waals surface area contributed by atoms with E-state index in [2.05, 4.69) is 20.7 Å². The molecule has 11 heteroatoms. The van der Waals surface area contributed by atoms with Crippen LogP contribution in [0.5, 0.6) is 0 Å². The molecular formula is C21H26N4O7. The molecule has 0 aliphatic carbocycles. The maximum atomic E-state index is 12.3. The third-order valence-electron chi connectivity index (χ3n) is 4.66. The summed E-state index contributed by atoms with van der Waals surface area (Å²) in [6, 6.07) is 4.86. The van der Waals surface area contributed by atoms with E-state index in [4.69, 9.17) is 0 Å². The Morgan fingerprint density at radius 2 is 1.78 bits per heavy atom. The maximum absolute atomic E-state index is 12.3. The van der Waals surface area contributed by atoms with Crippen molar-refractivity contribution in [2.45, 2.75) is 45.2 Å². The van der Waals surface area contributed by atoms with Crippen LogP contribution in [0.3, 0.4) is 0 Å². The Hall–Kier alpha value is -3.73. The fourth-order valence-electron chi connectivity index (χ4n) is 2.81. The zero-order valence-electron chi connectivity index (χ0n) is 17.7. The van der Waals surface area contributed by atoms with Gasteiger partial charge in [0.1, 0.15) is 24.9 Å². The number of carbonyl (C=O) groups excluding carboxylic acids is 5. The van der Waals surface area contributed by atoms with E-state index in [1.165, 1.54) is 26.0 Å². The number of hydrogen-bond acceptors (Lipinski definition) is 7. The molecule has 0 fully saturated rings. The summed E-state index contributed by atoms with van der Waals surface area (Å²) in [6.07, 6.45) is 1.39. The minimum atomic E-state index is -1.06. The van der Waals surface area contributed by atoms with Crippen LogP contribution in [-0.4, -0.2) is 65.0 Å². The number of nitrogens with zero attached hydrogens (tertiary/aromatic N) is 1. The summed E-state index contributed by atoms with van der Waals surface area (Å²) < 4.78 is 4.65. The summed E-state index contributed by atoms with van der Waals surface area (Å²) in [4.78, 5) is 59.5. The minimum Gasteiger partial charge on any atom is -0.463 e. The van der Waals surface area contributed by atoms with Gasteiger partial charge in [-0.05, 0) is 37.6 Å². The van der Waals surface area contributed by atoms with Gasteiger partial charge < -0.3 is 30.7 Å². The van der Waals surface area contributed by atoms with Gasteiger partial charge in [0.15, 0.2) is 0 Å². The second-order valence-corrected chi connectivity index (χ2v) is 7.17. The van der Waals surface area contributed by atoms with Gasteiger partial charge >= 0.3 is 0 Å². The Morgan fingerprint density at radius 3 is 2.38 bits per heavy atom. The number of aliphatic hydroxyl groups is 1. The number of nitrogens with one attached hydrogen (secondary N) is 3. The van der Waals surface area contributed by atoms with Crippen LogP contribution < -0.4 is 16.0 Å². The molecule has 0 radical (unpaired) electrons. The van der Waals surface area contributed by atoms with Gasteiger partial charge in [-0.15, -0.1) is 0 Å². The van der Waals surface area contributed by atoms with Crippen LogP contribution in [0.25, 0.3) is 0 Å². The topological polar surface area (TPSA) is 154 Å². The number of rotatable bonds is 11. The van der Waals surface area contributed by atoms with Crippen LogP contribution in [-0.2, 0) is 35.3 Å². The fourth-order valence-corrected chi connectivity index (χ4v) is 2.81. The highest BCUT2D eigenvalue weighted by molar-refractivity contribution is 5.98. The van der Waals surface area contributed by atoms with Crippen molar-refractivity contribution in [3.63, 3.8) is 0 Å². The first-order chi connectivity index (χ1) is 15.2. The molecule has 0 bridgehead atoms. The molecule has 1 unspecified atom stereocenters. The van der Waals surface area contributed by atoms with Gasteiger partial charge in [0, 0.05) is 24.7 Å². The molecule has 4 amide bonds. The number of benzene rings is 1. The van der Waals surface area contributed by atoms with Crippen LogP contribution in [0.1, 0.15) is 25.8 Å². The maximum Gasteiger partial charge on any atom is 0.293 e. The van der Waals surface area contributed by atoms with Gasteiger partial charge in [-0.3, -0.25) is 24.0 Å². The number of aliphatic hydroxyl groups excluding tert-OH is 1. The summed E-state index contributed by atoms with van der Waals surface area (Å²) in [5.74, 6) is -1.88. The normalized spacial score (nSPS) is 16.8. The number of carbonyl (C=O) groups is 5. The summed E-state index contributed by atoms with van der Waals surface area (Å²) in [5.41, 5.74) is 1.25. The summed E-state index contributed by atoms with van der Waals surface area (Å²) in [6.45, 7) is 3.45. The second kappa shape index (κ2) is 11.6. The molecule has 0 saturated heterocycles. The average Bonchev–Trinajstić information content (AvgIpc) is 3.08. The highest BCUT2D eigenvalue weighted by Gasteiger charge is 2.25. The quantitative estimate of drug-likeness (QED) is 0.331. The van der Waals surface area contributed by atoms with Crippen LogP contribution >= 0.6 is 0 Å². The van der Waals surface area contributed by atoms with E-state index >= 15 is 0 Å². The molecule has 1 aliphatic rings. The van der Waals surface area contributed by atoms with Gasteiger partial charge in [0.2, 0.25) is 23.6 Å². The van der Waals surface area contributed by atoms with Gasteiger partial charge in [-0.25, -0.2) is 0 Å². The predicted molar refractivity (Wildman–Crippen MR) is 113 cm³/mol. The van der Waals surface area contributed by atoms with Crippen LogP contribution in [0.15, 0.2) is 36.4 Å². The van der Waals surface area contributed by atoms with E-state index in [0.29, 0.717) is 12.2 Å². The predicted octanol–water partition coefficient (Wildman–Crippen LogP) is -0.586. The minimum absolute atomic E-state index is 0.00599. The molecule has 0 saturated carbocycles. The SMILES string of the molecule is C[C@H](NC(=O)CCN1C(=O)C=CC1O)C(=O)N[C@@H](C)C(=O)Nc1ccc(COC=O)cc1. The monoisotopic (exact) mass is 446 g/mol. The molecule has 2 rings (SSSR count). The molecule has 11 nitrogen and oxygen atoms in total. The molecular weight excluding hydrogens is 420 g/mol. The Balaban J connectivity index is 1.75. The molecule has 1 aromatic carbocycles. The summed E-state index contributed by atoms with van der Waals surface area (Å²) in [5, 5.41) is 17.3. The van der Waals surface area contributed by atoms with Crippen molar-refractivity contribution in [2.75, 3.05) is 11.9 Å². The number of anilines is 1. The molecule has 32 heavy (non-hydrogen) atoms. The van der Waals surface area contributed by atoms with E-state index in [0.717, 1.165) is 10.5 Å². The Kier molecular flexibility index (Phi) is 8.90. The first-order valence-electron chi connectivity index (χ1n) is 9.93. The number of ether oxygens (including phenoxy) is 1. The van der Waals surface area contributed by atoms with E-state index in [-0.39, 0.29) is 25.5 Å². The van der Waals surface area contributed by atoms with E-state index in [1.54, 1.807) is 24.3 Å². The molecule has 1 aromatic rings. The lowest BCUT2D eigenvalue weighted by molar-refractivity contribution is -0.133. The smallest absolute Gasteiger partial charge is 0.293 e. The highest BCUT2D eigenvalue weighted by Crippen LogP contribution is 2.11. The third kappa shape index (κ3) is 7.20.